The van der Waals surface area contributed by atoms with Crippen LogP contribution in [0.3, 0.4) is 0 Å². The maximum absolute atomic E-state index is 12.9. The van der Waals surface area contributed by atoms with Gasteiger partial charge in [0.25, 0.3) is 0 Å². The van der Waals surface area contributed by atoms with Crippen LogP contribution in [0, 0.1) is 0 Å². The quantitative estimate of drug-likeness (QED) is 0.0257. The van der Waals surface area contributed by atoms with Gasteiger partial charge in [0, 0.05) is 0 Å². The first kappa shape index (κ1) is 49.5. The highest BCUT2D eigenvalue weighted by Gasteiger charge is 2.51. The Kier molecular flexibility index (Phi) is 27.8. The summed E-state index contributed by atoms with van der Waals surface area (Å²) in [5.74, 6) is -0.611. The number of allylic oxidation sites excluding steroid dienone is 5. The molecule has 0 bridgehead atoms. The van der Waals surface area contributed by atoms with E-state index in [4.69, 9.17) is 9.05 Å². The number of aliphatic hydroxyl groups excluding tert-OH is 7. The van der Waals surface area contributed by atoms with Gasteiger partial charge in [0.05, 0.1) is 31.3 Å². The number of nitrogens with one attached hydrogen (secondary N) is 1. The van der Waals surface area contributed by atoms with Crippen molar-refractivity contribution in [2.24, 2.45) is 0 Å². The van der Waals surface area contributed by atoms with E-state index in [1.165, 1.54) is 63.9 Å². The molecule has 0 radical (unpaired) electrons. The van der Waals surface area contributed by atoms with Crippen LogP contribution >= 0.6 is 7.82 Å². The van der Waals surface area contributed by atoms with Gasteiger partial charge in [-0.15, -0.1) is 0 Å². The number of unbranched alkanes of at least 4 members (excludes halogenated alkanes) is 14. The second kappa shape index (κ2) is 29.8. The van der Waals surface area contributed by atoms with Gasteiger partial charge in [-0.05, 0) is 38.5 Å². The van der Waals surface area contributed by atoms with E-state index < -0.39 is 75.2 Å². The van der Waals surface area contributed by atoms with Crippen molar-refractivity contribution in [3.05, 3.63) is 36.5 Å². The molecule has 1 aliphatic rings. The third-order valence-corrected chi connectivity index (χ3v) is 10.4. The highest BCUT2D eigenvalue weighted by molar-refractivity contribution is 7.47. The van der Waals surface area contributed by atoms with E-state index in [0.717, 1.165) is 44.9 Å². The number of hydrogen-bond donors (Lipinski definition) is 9. The van der Waals surface area contributed by atoms with Gasteiger partial charge in [0.15, 0.2) is 0 Å². The standard InChI is InChI=1S/C39H72NO12P/c1-3-5-7-9-11-13-15-17-19-21-23-25-27-32(42)31(29-51-53(49,50)52-39-37(47)35(45)34(44)36(46)38(39)48)40-33(43)28-30(41)26-24-22-20-18-16-14-12-10-8-6-4-2/h9,11,17,19,25,27,30-32,34-39,41-42,44-48H,3-8,10,12-16,18,20-24,26,28-29H2,1-2H3,(H,40,43)(H,49,50)/b11-9+,19-17+,27-25+. The van der Waals surface area contributed by atoms with Gasteiger partial charge in [-0.2, -0.15) is 0 Å². The van der Waals surface area contributed by atoms with Crippen molar-refractivity contribution in [2.45, 2.75) is 197 Å². The molecule has 53 heavy (non-hydrogen) atoms. The number of rotatable bonds is 31. The Morgan fingerprint density at radius 3 is 1.64 bits per heavy atom. The third-order valence-electron chi connectivity index (χ3n) is 9.46. The van der Waals surface area contributed by atoms with E-state index in [0.29, 0.717) is 19.3 Å². The van der Waals surface area contributed by atoms with Crippen molar-refractivity contribution in [3.8, 4) is 0 Å². The molecule has 0 aromatic heterocycles. The molecule has 14 heteroatoms. The van der Waals surface area contributed by atoms with Crippen LogP contribution < -0.4 is 5.32 Å². The predicted molar refractivity (Wildman–Crippen MR) is 206 cm³/mol. The monoisotopic (exact) mass is 777 g/mol. The molecule has 310 valence electrons. The van der Waals surface area contributed by atoms with Crippen LogP contribution in [-0.2, 0) is 18.4 Å². The summed E-state index contributed by atoms with van der Waals surface area (Å²) in [4.78, 5) is 23.3. The van der Waals surface area contributed by atoms with Crippen molar-refractivity contribution in [3.63, 3.8) is 0 Å². The molecule has 1 saturated carbocycles. The minimum atomic E-state index is -5.14. The zero-order valence-corrected chi connectivity index (χ0v) is 33.1. The van der Waals surface area contributed by atoms with Gasteiger partial charge in [-0.25, -0.2) is 4.57 Å². The molecule has 1 rings (SSSR count). The molecule has 8 unspecified atom stereocenters. The number of carbonyl (C=O) groups is 1. The molecule has 9 N–H and O–H groups in total. The SMILES string of the molecule is CCCC/C=C/CC/C=C/CC/C=C/C(O)C(COP(=O)(O)OC1C(O)C(O)C(O)C(O)C1O)NC(=O)CC(O)CCCCCCCCCCCCC. The van der Waals surface area contributed by atoms with Crippen LogP contribution in [0.4, 0.5) is 0 Å². The third kappa shape index (κ3) is 22.6. The maximum Gasteiger partial charge on any atom is 0.472 e. The second-order valence-corrected chi connectivity index (χ2v) is 15.7. The Balaban J connectivity index is 2.69. The van der Waals surface area contributed by atoms with Crippen molar-refractivity contribution in [1.82, 2.24) is 5.32 Å². The largest absolute Gasteiger partial charge is 0.472 e. The van der Waals surface area contributed by atoms with Crippen LogP contribution in [-0.4, -0.2) is 108 Å². The van der Waals surface area contributed by atoms with E-state index in [-0.39, 0.29) is 6.42 Å². The lowest BCUT2D eigenvalue weighted by Crippen LogP contribution is -2.64. The topological polar surface area (TPSA) is 226 Å². The normalized spacial score (nSPS) is 25.2. The zero-order chi connectivity index (χ0) is 39.5. The lowest BCUT2D eigenvalue weighted by molar-refractivity contribution is -0.220. The molecule has 0 heterocycles. The van der Waals surface area contributed by atoms with E-state index in [1.807, 2.05) is 6.08 Å². The Morgan fingerprint density at radius 2 is 1.11 bits per heavy atom. The molecule has 1 amide bonds. The lowest BCUT2D eigenvalue weighted by atomic mass is 9.85. The highest BCUT2D eigenvalue weighted by Crippen LogP contribution is 2.47. The molecular formula is C39H72NO12P. The van der Waals surface area contributed by atoms with Gasteiger partial charge in [0.2, 0.25) is 5.91 Å². The summed E-state index contributed by atoms with van der Waals surface area (Å²) in [6.45, 7) is 3.62. The number of phosphoric ester groups is 1. The number of carbonyl (C=O) groups excluding carboxylic acids is 1. The average molecular weight is 778 g/mol. The molecule has 8 atom stereocenters. The summed E-state index contributed by atoms with van der Waals surface area (Å²) in [5.41, 5.74) is 0. The molecule has 13 nitrogen and oxygen atoms in total. The van der Waals surface area contributed by atoms with Crippen molar-refractivity contribution < 1.29 is 59.0 Å². The zero-order valence-electron chi connectivity index (χ0n) is 32.2. The van der Waals surface area contributed by atoms with Crippen LogP contribution in [0.2, 0.25) is 0 Å². The van der Waals surface area contributed by atoms with Crippen LogP contribution in [0.25, 0.3) is 0 Å². The Hall–Kier alpha value is -1.48. The first-order chi connectivity index (χ1) is 25.3. The van der Waals surface area contributed by atoms with Crippen LogP contribution in [0.15, 0.2) is 36.5 Å². The Bertz CT molecular complexity index is 1060. The molecule has 1 fully saturated rings. The number of aliphatic hydroxyl groups is 7. The predicted octanol–water partition coefficient (Wildman–Crippen LogP) is 5.02. The molecule has 0 aromatic carbocycles. The summed E-state index contributed by atoms with van der Waals surface area (Å²) < 4.78 is 22.7. The number of hydrogen-bond acceptors (Lipinski definition) is 11. The maximum atomic E-state index is 12.9. The summed E-state index contributed by atoms with van der Waals surface area (Å²) in [5, 5.41) is 74.0. The van der Waals surface area contributed by atoms with E-state index >= 15 is 0 Å². The fourth-order valence-electron chi connectivity index (χ4n) is 6.08. The minimum Gasteiger partial charge on any atom is -0.393 e. The van der Waals surface area contributed by atoms with Crippen LogP contribution in [0.5, 0.6) is 0 Å². The fraction of sp³-hybridized carbons (Fsp3) is 0.821. The van der Waals surface area contributed by atoms with Gasteiger partial charge in [-0.3, -0.25) is 13.8 Å². The Labute approximate surface area is 317 Å². The lowest BCUT2D eigenvalue weighted by Gasteiger charge is -2.41. The van der Waals surface area contributed by atoms with E-state index in [2.05, 4.69) is 37.4 Å². The minimum absolute atomic E-state index is 0.255. The molecule has 1 aliphatic carbocycles. The summed E-state index contributed by atoms with van der Waals surface area (Å²) in [6, 6.07) is -1.26. The summed E-state index contributed by atoms with van der Waals surface area (Å²) >= 11 is 0. The number of phosphoric acid groups is 1. The molecule has 0 aliphatic heterocycles. The molecular weight excluding hydrogens is 705 g/mol. The average Bonchev–Trinajstić information content (AvgIpc) is 3.12. The molecule has 0 spiro atoms. The fourth-order valence-corrected chi connectivity index (χ4v) is 7.05. The molecule has 0 saturated heterocycles. The first-order valence-corrected chi connectivity index (χ1v) is 21.5. The van der Waals surface area contributed by atoms with Gasteiger partial charge in [-0.1, -0.05) is 134 Å². The van der Waals surface area contributed by atoms with Crippen molar-refractivity contribution >= 4 is 13.7 Å². The van der Waals surface area contributed by atoms with E-state index in [1.54, 1.807) is 6.08 Å². The van der Waals surface area contributed by atoms with Crippen molar-refractivity contribution in [1.29, 1.82) is 0 Å². The number of amides is 1. The van der Waals surface area contributed by atoms with Gasteiger partial charge in [0.1, 0.15) is 36.6 Å². The summed E-state index contributed by atoms with van der Waals surface area (Å²) in [7, 11) is -5.14. The molecule has 0 aromatic rings. The second-order valence-electron chi connectivity index (χ2n) is 14.3. The van der Waals surface area contributed by atoms with E-state index in [9.17, 15) is 50.0 Å². The summed E-state index contributed by atoms with van der Waals surface area (Å²) in [6.07, 6.45) is 16.9. The van der Waals surface area contributed by atoms with Gasteiger partial charge < -0.3 is 46.0 Å². The smallest absolute Gasteiger partial charge is 0.393 e. The van der Waals surface area contributed by atoms with Gasteiger partial charge >= 0.3 is 7.82 Å². The Morgan fingerprint density at radius 1 is 0.660 bits per heavy atom. The first-order valence-electron chi connectivity index (χ1n) is 20.0. The highest BCUT2D eigenvalue weighted by atomic mass is 31.2. The van der Waals surface area contributed by atoms with Crippen molar-refractivity contribution in [2.75, 3.05) is 6.61 Å². The van der Waals surface area contributed by atoms with Crippen LogP contribution in [0.1, 0.15) is 142 Å².